The molecule has 1 aromatic carbocycles. The predicted octanol–water partition coefficient (Wildman–Crippen LogP) is 4.03. The number of esters is 1. The summed E-state index contributed by atoms with van der Waals surface area (Å²) in [5, 5.41) is 13.4. The number of nitro groups is 1. The first-order valence-corrected chi connectivity index (χ1v) is 9.39. The van der Waals surface area contributed by atoms with Crippen molar-refractivity contribution in [2.24, 2.45) is 0 Å². The number of aromatic nitrogens is 1. The Bertz CT molecular complexity index is 880. The monoisotopic (exact) mass is 433 g/mol. The zero-order valence-electron chi connectivity index (χ0n) is 18.2. The van der Waals surface area contributed by atoms with E-state index in [2.05, 4.69) is 15.0 Å². The number of carbonyl (C=O) groups is 2. The van der Waals surface area contributed by atoms with E-state index in [0.29, 0.717) is 17.1 Å². The number of aryl methyl sites for hydroxylation is 1. The molecule has 1 aromatic heterocycles. The Morgan fingerprint density at radius 3 is 2.29 bits per heavy atom. The molecular formula is C21H27N3O7. The van der Waals surface area contributed by atoms with Crippen LogP contribution in [0.5, 0.6) is 11.5 Å². The molecule has 2 aromatic rings. The molecular weight excluding hydrogens is 406 g/mol. The van der Waals surface area contributed by atoms with Crippen LogP contribution in [0.2, 0.25) is 0 Å². The summed E-state index contributed by atoms with van der Waals surface area (Å²) < 4.78 is 15.0. The van der Waals surface area contributed by atoms with Gasteiger partial charge in [0.1, 0.15) is 11.4 Å². The number of nitrogens with zero attached hydrogens (tertiary/aromatic N) is 2. The molecule has 2 rings (SSSR count). The van der Waals surface area contributed by atoms with E-state index in [4.69, 9.17) is 9.47 Å². The van der Waals surface area contributed by atoms with Crippen molar-refractivity contribution in [2.75, 3.05) is 14.2 Å². The lowest BCUT2D eigenvalue weighted by molar-refractivity contribution is -0.390. The fourth-order valence-corrected chi connectivity index (χ4v) is 2.18. The topological polar surface area (TPSA) is 130 Å². The second kappa shape index (κ2) is 12.1. The Hall–Kier alpha value is -3.69. The number of methoxy groups -OCH3 is 1. The number of hydrogen-bond donors (Lipinski definition) is 1. The van der Waals surface area contributed by atoms with Gasteiger partial charge in [-0.05, 0) is 55.3 Å². The Labute approximate surface area is 180 Å². The number of para-hydroxylation sites is 1. The Morgan fingerprint density at radius 2 is 1.81 bits per heavy atom. The first-order valence-electron chi connectivity index (χ1n) is 9.39. The summed E-state index contributed by atoms with van der Waals surface area (Å²) in [7, 11) is 2.80. The standard InChI is InChI=1S/C15H14N2O5.C6H13NO2/c1-21-14(18)8-7-11-9-13(10-16-15(11)17(19)20)22-12-5-3-2-4-6-12;1-6(2,3)9-5(8)7-4/h2-6,9-10H,7-8H2,1H3;1-4H3,(H,7,8). The molecule has 0 spiro atoms. The number of carbonyl (C=O) groups excluding carboxylic acids is 2. The Balaban J connectivity index is 0.000000452. The zero-order valence-corrected chi connectivity index (χ0v) is 18.2. The highest BCUT2D eigenvalue weighted by molar-refractivity contribution is 5.69. The van der Waals surface area contributed by atoms with Crippen molar-refractivity contribution < 1.29 is 28.7 Å². The van der Waals surface area contributed by atoms with Gasteiger partial charge in [0.25, 0.3) is 0 Å². The van der Waals surface area contributed by atoms with E-state index in [9.17, 15) is 19.7 Å². The molecule has 168 valence electrons. The highest BCUT2D eigenvalue weighted by atomic mass is 16.6. The fraction of sp³-hybridized carbons (Fsp3) is 0.381. The van der Waals surface area contributed by atoms with Crippen molar-refractivity contribution >= 4 is 17.9 Å². The summed E-state index contributed by atoms with van der Waals surface area (Å²) in [6.45, 7) is 5.46. The molecule has 0 saturated carbocycles. The van der Waals surface area contributed by atoms with Crippen molar-refractivity contribution in [3.05, 3.63) is 58.3 Å². The predicted molar refractivity (Wildman–Crippen MR) is 113 cm³/mol. The molecule has 0 atom stereocenters. The van der Waals surface area contributed by atoms with Crippen molar-refractivity contribution in [2.45, 2.75) is 39.2 Å². The van der Waals surface area contributed by atoms with Gasteiger partial charge in [-0.15, -0.1) is 0 Å². The Morgan fingerprint density at radius 1 is 1.16 bits per heavy atom. The average Bonchev–Trinajstić information content (AvgIpc) is 2.71. The zero-order chi connectivity index (χ0) is 23.4. The number of hydrogen-bond acceptors (Lipinski definition) is 8. The van der Waals surface area contributed by atoms with Gasteiger partial charge in [-0.25, -0.2) is 4.79 Å². The summed E-state index contributed by atoms with van der Waals surface area (Å²) in [6.07, 6.45) is 1.09. The minimum atomic E-state index is -0.584. The van der Waals surface area contributed by atoms with Gasteiger partial charge in [0.05, 0.1) is 12.7 Å². The lowest BCUT2D eigenvalue weighted by Crippen LogP contribution is -2.30. The van der Waals surface area contributed by atoms with Gasteiger partial charge >= 0.3 is 17.9 Å². The van der Waals surface area contributed by atoms with Crippen LogP contribution in [0, 0.1) is 10.1 Å². The van der Waals surface area contributed by atoms with E-state index in [1.165, 1.54) is 26.4 Å². The number of ether oxygens (including phenoxy) is 3. The van der Waals surface area contributed by atoms with Crippen LogP contribution >= 0.6 is 0 Å². The number of pyridine rings is 1. The van der Waals surface area contributed by atoms with Crippen molar-refractivity contribution in [3.63, 3.8) is 0 Å². The van der Waals surface area contributed by atoms with Crippen LogP contribution in [0.1, 0.15) is 32.8 Å². The van der Waals surface area contributed by atoms with Gasteiger partial charge in [-0.3, -0.25) is 4.79 Å². The maximum atomic E-state index is 11.2. The quantitative estimate of drug-likeness (QED) is 0.410. The lowest BCUT2D eigenvalue weighted by atomic mass is 10.1. The minimum absolute atomic E-state index is 0.0355. The lowest BCUT2D eigenvalue weighted by Gasteiger charge is -2.18. The number of benzene rings is 1. The third kappa shape index (κ3) is 10.1. The molecule has 0 aliphatic heterocycles. The van der Waals surface area contributed by atoms with E-state index < -0.39 is 10.9 Å². The van der Waals surface area contributed by atoms with Crippen LogP contribution < -0.4 is 10.1 Å². The van der Waals surface area contributed by atoms with Gasteiger partial charge in [0.2, 0.25) is 0 Å². The molecule has 10 heteroatoms. The van der Waals surface area contributed by atoms with Gasteiger partial charge in [-0.2, -0.15) is 0 Å². The molecule has 1 amide bonds. The summed E-state index contributed by atoms with van der Waals surface area (Å²) in [5.41, 5.74) is -0.0658. The maximum absolute atomic E-state index is 11.2. The SMILES string of the molecule is CNC(=O)OC(C)(C)C.COC(=O)CCc1cc(Oc2ccccc2)cnc1[N+](=O)[O-]. The highest BCUT2D eigenvalue weighted by Crippen LogP contribution is 2.26. The van der Waals surface area contributed by atoms with E-state index in [1.54, 1.807) is 12.1 Å². The summed E-state index contributed by atoms with van der Waals surface area (Å²) in [5.74, 6) is 0.238. The van der Waals surface area contributed by atoms with Gasteiger partial charge < -0.3 is 29.6 Å². The van der Waals surface area contributed by atoms with Crippen LogP contribution in [0.3, 0.4) is 0 Å². The van der Waals surface area contributed by atoms with Crippen molar-refractivity contribution in [1.82, 2.24) is 10.3 Å². The molecule has 0 radical (unpaired) electrons. The van der Waals surface area contributed by atoms with E-state index in [0.717, 1.165) is 0 Å². The largest absolute Gasteiger partial charge is 0.469 e. The summed E-state index contributed by atoms with van der Waals surface area (Å²) in [6, 6.07) is 10.5. The number of amides is 1. The molecule has 0 unspecified atom stereocenters. The third-order valence-electron chi connectivity index (χ3n) is 3.50. The van der Waals surface area contributed by atoms with Gasteiger partial charge in [0, 0.05) is 13.5 Å². The minimum Gasteiger partial charge on any atom is -0.469 e. The number of nitrogens with one attached hydrogen (secondary N) is 1. The van der Waals surface area contributed by atoms with Gasteiger partial charge in [-0.1, -0.05) is 18.2 Å². The highest BCUT2D eigenvalue weighted by Gasteiger charge is 2.18. The molecule has 0 saturated heterocycles. The second-order valence-electron chi connectivity index (χ2n) is 7.15. The summed E-state index contributed by atoms with van der Waals surface area (Å²) >= 11 is 0. The molecule has 0 aliphatic carbocycles. The second-order valence-corrected chi connectivity index (χ2v) is 7.15. The van der Waals surface area contributed by atoms with Crippen LogP contribution in [-0.4, -0.2) is 41.7 Å². The molecule has 1 heterocycles. The Kier molecular flexibility index (Phi) is 9.90. The van der Waals surface area contributed by atoms with Crippen molar-refractivity contribution in [3.8, 4) is 11.5 Å². The summed E-state index contributed by atoms with van der Waals surface area (Å²) in [4.78, 5) is 35.9. The van der Waals surface area contributed by atoms with E-state index >= 15 is 0 Å². The third-order valence-corrected chi connectivity index (χ3v) is 3.50. The van der Waals surface area contributed by atoms with Gasteiger partial charge in [0.15, 0.2) is 11.9 Å². The molecule has 31 heavy (non-hydrogen) atoms. The molecule has 10 nitrogen and oxygen atoms in total. The molecule has 0 aliphatic rings. The molecule has 0 bridgehead atoms. The number of rotatable bonds is 6. The van der Waals surface area contributed by atoms with Crippen LogP contribution in [0.25, 0.3) is 0 Å². The van der Waals surface area contributed by atoms with Crippen LogP contribution in [-0.2, 0) is 20.7 Å². The van der Waals surface area contributed by atoms with E-state index in [-0.39, 0.29) is 30.4 Å². The van der Waals surface area contributed by atoms with Crippen LogP contribution in [0.4, 0.5) is 10.6 Å². The van der Waals surface area contributed by atoms with E-state index in [1.807, 2.05) is 39.0 Å². The number of alkyl carbamates (subject to hydrolysis) is 1. The smallest absolute Gasteiger partial charge is 0.407 e. The first-order chi connectivity index (χ1) is 14.6. The first kappa shape index (κ1) is 25.3. The van der Waals surface area contributed by atoms with Crippen molar-refractivity contribution in [1.29, 1.82) is 0 Å². The normalized spacial score (nSPS) is 10.2. The van der Waals surface area contributed by atoms with Crippen LogP contribution in [0.15, 0.2) is 42.6 Å². The maximum Gasteiger partial charge on any atom is 0.407 e. The fourth-order valence-electron chi connectivity index (χ4n) is 2.18. The molecule has 1 N–H and O–H groups in total. The molecule has 0 fully saturated rings. The average molecular weight is 433 g/mol.